The molecule has 0 atom stereocenters. The number of nitrogens with zero attached hydrogens (tertiary/aromatic N) is 6. The Balaban J connectivity index is 1.49. The van der Waals surface area contributed by atoms with Crippen LogP contribution in [-0.2, 0) is 0 Å². The number of amides is 2. The summed E-state index contributed by atoms with van der Waals surface area (Å²) in [6.07, 6.45) is 3.33. The third-order valence-electron chi connectivity index (χ3n) is 6.25. The van der Waals surface area contributed by atoms with Gasteiger partial charge in [0, 0.05) is 36.6 Å². The lowest BCUT2D eigenvalue weighted by atomic mass is 10.1. The van der Waals surface area contributed by atoms with Gasteiger partial charge in [0.2, 0.25) is 5.43 Å². The summed E-state index contributed by atoms with van der Waals surface area (Å²) in [5.41, 5.74) is 4.02. The van der Waals surface area contributed by atoms with Crippen molar-refractivity contribution in [2.24, 2.45) is 0 Å². The van der Waals surface area contributed by atoms with E-state index in [-0.39, 0.29) is 17.0 Å². The van der Waals surface area contributed by atoms with E-state index >= 15 is 0 Å². The van der Waals surface area contributed by atoms with Gasteiger partial charge in [-0.1, -0.05) is 18.2 Å². The third kappa shape index (κ3) is 4.12. The number of carbonyl (C=O) groups is 1. The number of aromatic nitrogens is 4. The first kappa shape index (κ1) is 22.6. The summed E-state index contributed by atoms with van der Waals surface area (Å²) < 4.78 is 3.41. The number of hydrogen-bond acceptors (Lipinski definition) is 4. The Labute approximate surface area is 204 Å². The summed E-state index contributed by atoms with van der Waals surface area (Å²) in [6.45, 7) is 9.47. The fourth-order valence-electron chi connectivity index (χ4n) is 4.44. The number of rotatable bonds is 4. The second-order valence-corrected chi connectivity index (χ2v) is 9.66. The van der Waals surface area contributed by atoms with Crippen LogP contribution in [-0.4, -0.2) is 49.1 Å². The molecule has 0 saturated carbocycles. The van der Waals surface area contributed by atoms with Gasteiger partial charge in [0.1, 0.15) is 0 Å². The quantitative estimate of drug-likeness (QED) is 0.444. The zero-order valence-corrected chi connectivity index (χ0v) is 20.3. The van der Waals surface area contributed by atoms with Crippen LogP contribution in [0.3, 0.4) is 0 Å². The molecule has 0 unspecified atom stereocenters. The van der Waals surface area contributed by atoms with Crippen molar-refractivity contribution in [2.75, 3.05) is 18.0 Å². The van der Waals surface area contributed by atoms with Gasteiger partial charge in [0.05, 0.1) is 23.3 Å². The zero-order chi connectivity index (χ0) is 24.7. The maximum Gasteiger partial charge on any atom is 0.325 e. The third-order valence-corrected chi connectivity index (χ3v) is 6.25. The Kier molecular flexibility index (Phi) is 5.51. The van der Waals surface area contributed by atoms with Gasteiger partial charge in [0.15, 0.2) is 5.69 Å². The van der Waals surface area contributed by atoms with Crippen molar-refractivity contribution in [1.29, 1.82) is 0 Å². The van der Waals surface area contributed by atoms with E-state index in [1.165, 1.54) is 6.07 Å². The van der Waals surface area contributed by atoms with E-state index in [9.17, 15) is 9.59 Å². The molecule has 178 valence electrons. The highest BCUT2D eigenvalue weighted by atomic mass is 16.2. The van der Waals surface area contributed by atoms with Crippen LogP contribution in [0.25, 0.3) is 22.8 Å². The van der Waals surface area contributed by atoms with Crippen molar-refractivity contribution >= 4 is 11.7 Å². The van der Waals surface area contributed by atoms with Gasteiger partial charge >= 0.3 is 6.03 Å². The van der Waals surface area contributed by atoms with Crippen LogP contribution in [0.1, 0.15) is 26.3 Å². The molecular weight excluding hydrogens is 440 g/mol. The topological polar surface area (TPSA) is 76.3 Å². The molecule has 5 rings (SSSR count). The van der Waals surface area contributed by atoms with Crippen LogP contribution in [0.15, 0.2) is 77.9 Å². The highest BCUT2D eigenvalue weighted by Crippen LogP contribution is 2.28. The number of carbonyl (C=O) groups excluding carboxylic acids is 1. The predicted octanol–water partition coefficient (Wildman–Crippen LogP) is 4.43. The Morgan fingerprint density at radius 2 is 1.66 bits per heavy atom. The monoisotopic (exact) mass is 468 g/mol. The van der Waals surface area contributed by atoms with Crippen molar-refractivity contribution in [3.05, 3.63) is 88.8 Å². The maximum absolute atomic E-state index is 13.0. The number of aryl methyl sites for hydroxylation is 1. The molecule has 4 aromatic rings. The molecule has 0 N–H and O–H groups in total. The van der Waals surface area contributed by atoms with Gasteiger partial charge in [-0.3, -0.25) is 9.69 Å². The van der Waals surface area contributed by atoms with Crippen LogP contribution in [0.5, 0.6) is 0 Å². The molecular formula is C27H28N6O2. The number of urea groups is 1. The van der Waals surface area contributed by atoms with Crippen molar-refractivity contribution in [2.45, 2.75) is 33.2 Å². The molecule has 2 aromatic heterocycles. The average Bonchev–Trinajstić information content (AvgIpc) is 3.47. The minimum absolute atomic E-state index is 0.0163. The Bertz CT molecular complexity index is 1450. The summed E-state index contributed by atoms with van der Waals surface area (Å²) in [5.74, 6) is 0. The first-order valence-electron chi connectivity index (χ1n) is 11.6. The minimum atomic E-state index is -0.219. The van der Waals surface area contributed by atoms with E-state index in [1.807, 2.05) is 86.0 Å². The van der Waals surface area contributed by atoms with Crippen LogP contribution < -0.4 is 10.3 Å². The van der Waals surface area contributed by atoms with E-state index in [0.717, 1.165) is 22.6 Å². The summed E-state index contributed by atoms with van der Waals surface area (Å²) in [7, 11) is 0. The Hall–Kier alpha value is -4.20. The molecule has 0 aliphatic carbocycles. The lowest BCUT2D eigenvalue weighted by molar-refractivity contribution is 0.173. The van der Waals surface area contributed by atoms with E-state index in [2.05, 4.69) is 10.2 Å². The number of anilines is 1. The van der Waals surface area contributed by atoms with Gasteiger partial charge in [-0.05, 0) is 69.7 Å². The summed E-state index contributed by atoms with van der Waals surface area (Å²) in [5, 5.41) is 9.07. The zero-order valence-electron chi connectivity index (χ0n) is 20.3. The first-order chi connectivity index (χ1) is 16.7. The minimum Gasteiger partial charge on any atom is -0.318 e. The van der Waals surface area contributed by atoms with Crippen LogP contribution in [0.4, 0.5) is 10.5 Å². The molecule has 0 radical (unpaired) electrons. The van der Waals surface area contributed by atoms with Crippen molar-refractivity contribution in [3.8, 4) is 22.8 Å². The van der Waals surface area contributed by atoms with Gasteiger partial charge in [0.25, 0.3) is 0 Å². The second-order valence-electron chi connectivity index (χ2n) is 9.66. The molecule has 0 spiro atoms. The van der Waals surface area contributed by atoms with Gasteiger partial charge in [-0.2, -0.15) is 10.2 Å². The molecule has 1 fully saturated rings. The highest BCUT2D eigenvalue weighted by molar-refractivity contribution is 5.94. The molecule has 1 saturated heterocycles. The summed E-state index contributed by atoms with van der Waals surface area (Å²) in [4.78, 5) is 29.5. The van der Waals surface area contributed by atoms with Crippen molar-refractivity contribution < 1.29 is 4.79 Å². The molecule has 2 aromatic carbocycles. The molecule has 1 aliphatic heterocycles. The standard InChI is InChI=1S/C27H28N6O2/c1-19-18-21(30-16-17-31(26(30)35)27(2,3)4)10-11-22(19)32-15-13-24(34)25(29-32)23-12-14-28-33(23)20-8-6-5-7-9-20/h5-15,18H,16-17H2,1-4H3. The molecule has 3 heterocycles. The van der Waals surface area contributed by atoms with Crippen LogP contribution in [0.2, 0.25) is 0 Å². The maximum atomic E-state index is 13.0. The summed E-state index contributed by atoms with van der Waals surface area (Å²) in [6, 6.07) is 18.8. The average molecular weight is 469 g/mol. The van der Waals surface area contributed by atoms with Crippen molar-refractivity contribution in [1.82, 2.24) is 24.5 Å². The van der Waals surface area contributed by atoms with Gasteiger partial charge in [-0.15, -0.1) is 0 Å². The Morgan fingerprint density at radius 3 is 2.34 bits per heavy atom. The van der Waals surface area contributed by atoms with Crippen LogP contribution >= 0.6 is 0 Å². The second kappa shape index (κ2) is 8.54. The van der Waals surface area contributed by atoms with Crippen molar-refractivity contribution in [3.63, 3.8) is 0 Å². The largest absolute Gasteiger partial charge is 0.325 e. The number of para-hydroxylation sites is 1. The van der Waals surface area contributed by atoms with E-state index < -0.39 is 0 Å². The molecule has 1 aliphatic rings. The van der Waals surface area contributed by atoms with E-state index in [0.29, 0.717) is 24.5 Å². The summed E-state index contributed by atoms with van der Waals surface area (Å²) >= 11 is 0. The normalized spacial score (nSPS) is 14.1. The lowest BCUT2D eigenvalue weighted by Crippen LogP contribution is -2.44. The van der Waals surface area contributed by atoms with E-state index in [1.54, 1.807) is 27.8 Å². The smallest absolute Gasteiger partial charge is 0.318 e. The number of hydrogen-bond donors (Lipinski definition) is 0. The van der Waals surface area contributed by atoms with Gasteiger partial charge in [-0.25, -0.2) is 14.2 Å². The predicted molar refractivity (Wildman–Crippen MR) is 136 cm³/mol. The molecule has 8 heteroatoms. The van der Waals surface area contributed by atoms with E-state index in [4.69, 9.17) is 0 Å². The molecule has 35 heavy (non-hydrogen) atoms. The van der Waals surface area contributed by atoms with Gasteiger partial charge < -0.3 is 4.90 Å². The number of benzene rings is 2. The molecule has 0 bridgehead atoms. The fourth-order valence-corrected chi connectivity index (χ4v) is 4.44. The Morgan fingerprint density at radius 1 is 0.886 bits per heavy atom. The lowest BCUT2D eigenvalue weighted by Gasteiger charge is -2.31. The highest BCUT2D eigenvalue weighted by Gasteiger charge is 2.36. The molecule has 8 nitrogen and oxygen atoms in total. The molecule has 2 amide bonds. The van der Waals surface area contributed by atoms with Crippen LogP contribution in [0, 0.1) is 6.92 Å². The SMILES string of the molecule is Cc1cc(N2CCN(C(C)(C)C)C2=O)ccc1-n1ccc(=O)c(-c2ccnn2-c2ccccc2)n1. The first-order valence-corrected chi connectivity index (χ1v) is 11.6. The fraction of sp³-hybridized carbons (Fsp3) is 0.259.